The fourth-order valence-corrected chi connectivity index (χ4v) is 1.48. The molecule has 0 radical (unpaired) electrons. The zero-order valence-corrected chi connectivity index (χ0v) is 9.53. The van der Waals surface area contributed by atoms with E-state index in [4.69, 9.17) is 5.11 Å². The summed E-state index contributed by atoms with van der Waals surface area (Å²) in [5, 5.41) is 12.3. The van der Waals surface area contributed by atoms with Crippen LogP contribution >= 0.6 is 0 Å². The molecule has 0 atom stereocenters. The lowest BCUT2D eigenvalue weighted by Gasteiger charge is -2.06. The van der Waals surface area contributed by atoms with E-state index in [1.54, 1.807) is 0 Å². The van der Waals surface area contributed by atoms with Gasteiger partial charge in [0, 0.05) is 23.6 Å². The molecule has 0 bridgehead atoms. The van der Waals surface area contributed by atoms with Crippen LogP contribution in [-0.4, -0.2) is 10.1 Å². The highest BCUT2D eigenvalue weighted by atomic mass is 16.3. The van der Waals surface area contributed by atoms with Crippen molar-refractivity contribution in [3.63, 3.8) is 0 Å². The number of aryl methyl sites for hydroxylation is 1. The first-order valence-corrected chi connectivity index (χ1v) is 5.36. The molecule has 0 aliphatic carbocycles. The lowest BCUT2D eigenvalue weighted by molar-refractivity contribution is 0.467. The summed E-state index contributed by atoms with van der Waals surface area (Å²) in [6, 6.07) is 9.38. The summed E-state index contributed by atoms with van der Waals surface area (Å²) in [6.07, 6.45) is 1.30. The number of nitrogens with one attached hydrogen (secondary N) is 2. The third kappa shape index (κ3) is 2.87. The van der Waals surface area contributed by atoms with Gasteiger partial charge in [0.1, 0.15) is 0 Å². The van der Waals surface area contributed by atoms with E-state index in [2.05, 4.69) is 10.3 Å². The summed E-state index contributed by atoms with van der Waals surface area (Å²) < 4.78 is 0. The van der Waals surface area contributed by atoms with E-state index < -0.39 is 0 Å². The molecule has 4 nitrogen and oxygen atoms in total. The Labute approximate surface area is 98.9 Å². The van der Waals surface area contributed by atoms with Crippen LogP contribution in [0.2, 0.25) is 0 Å². The molecule has 0 spiro atoms. The van der Waals surface area contributed by atoms with Gasteiger partial charge in [-0.3, -0.25) is 4.79 Å². The predicted molar refractivity (Wildman–Crippen MR) is 67.2 cm³/mol. The largest absolute Gasteiger partial charge is 0.503 e. The number of aromatic hydroxyl groups is 1. The zero-order valence-electron chi connectivity index (χ0n) is 9.53. The van der Waals surface area contributed by atoms with Crippen molar-refractivity contribution in [1.29, 1.82) is 0 Å². The average Bonchev–Trinajstić information content (AvgIpc) is 2.33. The second kappa shape index (κ2) is 4.74. The summed E-state index contributed by atoms with van der Waals surface area (Å²) in [5.41, 5.74) is 2.55. The molecule has 0 aliphatic rings. The highest BCUT2D eigenvalue weighted by Gasteiger charge is 1.99. The minimum Gasteiger partial charge on any atom is -0.503 e. The van der Waals surface area contributed by atoms with E-state index in [1.807, 2.05) is 31.2 Å². The van der Waals surface area contributed by atoms with Crippen molar-refractivity contribution in [2.75, 3.05) is 5.32 Å². The van der Waals surface area contributed by atoms with Crippen LogP contribution in [0, 0.1) is 6.92 Å². The Morgan fingerprint density at radius 1 is 1.29 bits per heavy atom. The molecular formula is C13H14N2O2. The van der Waals surface area contributed by atoms with E-state index in [1.165, 1.54) is 17.8 Å². The Morgan fingerprint density at radius 2 is 2.00 bits per heavy atom. The van der Waals surface area contributed by atoms with Crippen LogP contribution in [0.3, 0.4) is 0 Å². The number of rotatable bonds is 3. The Kier molecular flexibility index (Phi) is 3.14. The first-order valence-electron chi connectivity index (χ1n) is 5.36. The summed E-state index contributed by atoms with van der Waals surface area (Å²) in [6.45, 7) is 2.54. The van der Waals surface area contributed by atoms with Crippen LogP contribution in [0.15, 0.2) is 41.3 Å². The highest BCUT2D eigenvalue weighted by Crippen LogP contribution is 2.09. The number of hydrogen-bond donors (Lipinski definition) is 3. The molecular weight excluding hydrogens is 216 g/mol. The van der Waals surface area contributed by atoms with Crippen LogP contribution in [-0.2, 0) is 6.54 Å². The van der Waals surface area contributed by atoms with E-state index in [9.17, 15) is 4.79 Å². The zero-order chi connectivity index (χ0) is 12.3. The van der Waals surface area contributed by atoms with Crippen molar-refractivity contribution in [2.45, 2.75) is 13.5 Å². The van der Waals surface area contributed by atoms with Gasteiger partial charge in [-0.25, -0.2) is 0 Å². The van der Waals surface area contributed by atoms with Crippen LogP contribution in [0.25, 0.3) is 0 Å². The molecule has 17 heavy (non-hydrogen) atoms. The number of anilines is 1. The molecule has 0 saturated heterocycles. The summed E-state index contributed by atoms with van der Waals surface area (Å²) in [5.74, 6) is -0.260. The summed E-state index contributed by atoms with van der Waals surface area (Å²) in [4.78, 5) is 14.0. The Bertz CT molecular complexity index is 558. The number of pyridine rings is 1. The van der Waals surface area contributed by atoms with Crippen LogP contribution in [0.5, 0.6) is 5.75 Å². The van der Waals surface area contributed by atoms with Crippen LogP contribution in [0.1, 0.15) is 11.3 Å². The van der Waals surface area contributed by atoms with Gasteiger partial charge < -0.3 is 15.4 Å². The number of benzene rings is 1. The maximum Gasteiger partial charge on any atom is 0.223 e. The van der Waals surface area contributed by atoms with Gasteiger partial charge in [0.05, 0.1) is 6.54 Å². The van der Waals surface area contributed by atoms with Gasteiger partial charge in [0.15, 0.2) is 5.75 Å². The molecule has 0 saturated carbocycles. The third-order valence-corrected chi connectivity index (χ3v) is 2.49. The molecule has 2 rings (SSSR count). The van der Waals surface area contributed by atoms with Crippen molar-refractivity contribution in [3.8, 4) is 5.75 Å². The standard InChI is InChI=1S/C13H14N2O2/c1-9-2-4-10(5-3-9)14-7-11-6-12(16)13(17)8-15-11/h2-6,8,14,17H,7H2,1H3,(H,15,16). The first kappa shape index (κ1) is 11.3. The Morgan fingerprint density at radius 3 is 2.65 bits per heavy atom. The van der Waals surface area contributed by atoms with Gasteiger partial charge in [0.2, 0.25) is 5.43 Å². The molecule has 2 aromatic rings. The lowest BCUT2D eigenvalue weighted by Crippen LogP contribution is -2.07. The van der Waals surface area contributed by atoms with E-state index in [0.29, 0.717) is 6.54 Å². The van der Waals surface area contributed by atoms with Crippen molar-refractivity contribution in [3.05, 3.63) is 58.0 Å². The predicted octanol–water partition coefficient (Wildman–Crippen LogP) is 2.00. The molecule has 1 heterocycles. The Balaban J connectivity index is 2.04. The SMILES string of the molecule is Cc1ccc(NCc2cc(=O)c(O)c[nH]2)cc1. The molecule has 0 fully saturated rings. The molecule has 1 aromatic heterocycles. The fourth-order valence-electron chi connectivity index (χ4n) is 1.48. The minimum absolute atomic E-state index is 0.260. The lowest BCUT2D eigenvalue weighted by atomic mass is 10.2. The minimum atomic E-state index is -0.371. The molecule has 0 aliphatic heterocycles. The molecule has 0 unspecified atom stereocenters. The van der Waals surface area contributed by atoms with Gasteiger partial charge in [-0.05, 0) is 19.1 Å². The third-order valence-electron chi connectivity index (χ3n) is 2.49. The second-order valence-corrected chi connectivity index (χ2v) is 3.93. The number of aromatic amines is 1. The van der Waals surface area contributed by atoms with Crippen molar-refractivity contribution in [2.24, 2.45) is 0 Å². The monoisotopic (exact) mass is 230 g/mol. The van der Waals surface area contributed by atoms with Gasteiger partial charge in [-0.2, -0.15) is 0 Å². The smallest absolute Gasteiger partial charge is 0.223 e. The van der Waals surface area contributed by atoms with Crippen molar-refractivity contribution in [1.82, 2.24) is 4.98 Å². The maximum absolute atomic E-state index is 11.2. The molecule has 88 valence electrons. The highest BCUT2D eigenvalue weighted by molar-refractivity contribution is 5.44. The maximum atomic E-state index is 11.2. The van der Waals surface area contributed by atoms with Gasteiger partial charge in [0.25, 0.3) is 0 Å². The number of hydrogen-bond acceptors (Lipinski definition) is 3. The van der Waals surface area contributed by atoms with Gasteiger partial charge in [-0.15, -0.1) is 0 Å². The summed E-state index contributed by atoms with van der Waals surface area (Å²) >= 11 is 0. The van der Waals surface area contributed by atoms with Gasteiger partial charge in [-0.1, -0.05) is 17.7 Å². The number of H-pyrrole nitrogens is 1. The fraction of sp³-hybridized carbons (Fsp3) is 0.154. The number of aromatic nitrogens is 1. The van der Waals surface area contributed by atoms with Crippen molar-refractivity contribution < 1.29 is 5.11 Å². The summed E-state index contributed by atoms with van der Waals surface area (Å²) in [7, 11) is 0. The van der Waals surface area contributed by atoms with Crippen molar-refractivity contribution >= 4 is 5.69 Å². The molecule has 3 N–H and O–H groups in total. The molecule has 4 heteroatoms. The first-order chi connectivity index (χ1) is 8.15. The quantitative estimate of drug-likeness (QED) is 0.755. The average molecular weight is 230 g/mol. The normalized spacial score (nSPS) is 10.2. The molecule has 1 aromatic carbocycles. The van der Waals surface area contributed by atoms with E-state index in [-0.39, 0.29) is 11.2 Å². The molecule has 0 amide bonds. The van der Waals surface area contributed by atoms with Gasteiger partial charge >= 0.3 is 0 Å². The van der Waals surface area contributed by atoms with E-state index in [0.717, 1.165) is 11.4 Å². The topological polar surface area (TPSA) is 65.1 Å². The second-order valence-electron chi connectivity index (χ2n) is 3.93. The van der Waals surface area contributed by atoms with Crippen LogP contribution in [0.4, 0.5) is 5.69 Å². The Hall–Kier alpha value is -2.23. The van der Waals surface area contributed by atoms with Crippen LogP contribution < -0.4 is 10.7 Å². The van der Waals surface area contributed by atoms with E-state index >= 15 is 0 Å².